The third-order valence-electron chi connectivity index (χ3n) is 3.32. The van der Waals surface area contributed by atoms with Gasteiger partial charge in [-0.1, -0.05) is 20.8 Å². The summed E-state index contributed by atoms with van der Waals surface area (Å²) in [7, 11) is 0. The SMILES string of the molecule is CCNC(=NCc1csc(C(C)(C)C)n1)N1CCCC1. The Morgan fingerprint density at radius 3 is 2.65 bits per heavy atom. The first-order valence-corrected chi connectivity index (χ1v) is 8.37. The van der Waals surface area contributed by atoms with E-state index in [1.807, 2.05) is 0 Å². The van der Waals surface area contributed by atoms with Gasteiger partial charge in [0, 0.05) is 30.4 Å². The van der Waals surface area contributed by atoms with Gasteiger partial charge in [0.25, 0.3) is 0 Å². The van der Waals surface area contributed by atoms with Crippen molar-refractivity contribution in [2.45, 2.75) is 52.5 Å². The van der Waals surface area contributed by atoms with Crippen LogP contribution < -0.4 is 5.32 Å². The lowest BCUT2D eigenvalue weighted by Crippen LogP contribution is -2.39. The molecule has 20 heavy (non-hydrogen) atoms. The highest BCUT2D eigenvalue weighted by Crippen LogP contribution is 2.25. The van der Waals surface area contributed by atoms with E-state index in [0.717, 1.165) is 31.3 Å². The number of guanidine groups is 1. The highest BCUT2D eigenvalue weighted by Gasteiger charge is 2.18. The third-order valence-corrected chi connectivity index (χ3v) is 4.64. The van der Waals surface area contributed by atoms with Crippen LogP contribution in [0.2, 0.25) is 0 Å². The predicted molar refractivity (Wildman–Crippen MR) is 86.4 cm³/mol. The van der Waals surface area contributed by atoms with Crippen molar-refractivity contribution in [1.29, 1.82) is 0 Å². The summed E-state index contributed by atoms with van der Waals surface area (Å²) in [5.74, 6) is 1.04. The van der Waals surface area contributed by atoms with E-state index >= 15 is 0 Å². The van der Waals surface area contributed by atoms with Crippen LogP contribution in [-0.4, -0.2) is 35.5 Å². The Bertz CT molecular complexity index is 453. The lowest BCUT2D eigenvalue weighted by atomic mass is 9.98. The summed E-state index contributed by atoms with van der Waals surface area (Å²) in [5, 5.41) is 6.71. The Morgan fingerprint density at radius 2 is 2.10 bits per heavy atom. The molecule has 5 heteroatoms. The molecule has 1 aliphatic heterocycles. The molecular weight excluding hydrogens is 268 g/mol. The number of rotatable bonds is 3. The normalized spacial score (nSPS) is 16.8. The van der Waals surface area contributed by atoms with Gasteiger partial charge in [0.05, 0.1) is 17.2 Å². The van der Waals surface area contributed by atoms with Crippen LogP contribution in [0.25, 0.3) is 0 Å². The van der Waals surface area contributed by atoms with Crippen molar-refractivity contribution >= 4 is 17.3 Å². The second-order valence-corrected chi connectivity index (χ2v) is 7.12. The van der Waals surface area contributed by atoms with Gasteiger partial charge in [-0.05, 0) is 19.8 Å². The van der Waals surface area contributed by atoms with Crippen molar-refractivity contribution in [1.82, 2.24) is 15.2 Å². The molecule has 0 bridgehead atoms. The van der Waals surface area contributed by atoms with E-state index in [2.05, 4.69) is 43.3 Å². The van der Waals surface area contributed by atoms with Crippen molar-refractivity contribution < 1.29 is 0 Å². The predicted octanol–water partition coefficient (Wildman–Crippen LogP) is 3.00. The van der Waals surface area contributed by atoms with Gasteiger partial charge in [-0.25, -0.2) is 9.98 Å². The third kappa shape index (κ3) is 3.95. The molecule has 1 aromatic rings. The van der Waals surface area contributed by atoms with Crippen LogP contribution in [0.3, 0.4) is 0 Å². The Labute approximate surface area is 126 Å². The lowest BCUT2D eigenvalue weighted by molar-refractivity contribution is 0.493. The van der Waals surface area contributed by atoms with Crippen molar-refractivity contribution in [2.75, 3.05) is 19.6 Å². The molecule has 1 N–H and O–H groups in total. The van der Waals surface area contributed by atoms with E-state index in [1.165, 1.54) is 17.8 Å². The molecule has 0 radical (unpaired) electrons. The number of aromatic nitrogens is 1. The molecule has 0 unspecified atom stereocenters. The van der Waals surface area contributed by atoms with E-state index in [0.29, 0.717) is 6.54 Å². The topological polar surface area (TPSA) is 40.5 Å². The van der Waals surface area contributed by atoms with E-state index in [9.17, 15) is 0 Å². The molecule has 2 heterocycles. The number of likely N-dealkylation sites (tertiary alicyclic amines) is 1. The Hall–Kier alpha value is -1.10. The molecule has 2 rings (SSSR count). The average Bonchev–Trinajstić information content (AvgIpc) is 3.04. The fourth-order valence-electron chi connectivity index (χ4n) is 2.23. The largest absolute Gasteiger partial charge is 0.357 e. The smallest absolute Gasteiger partial charge is 0.194 e. The van der Waals surface area contributed by atoms with Crippen molar-refractivity contribution in [3.63, 3.8) is 0 Å². The zero-order valence-electron chi connectivity index (χ0n) is 13.1. The number of thiazole rings is 1. The zero-order valence-corrected chi connectivity index (χ0v) is 13.9. The molecule has 112 valence electrons. The summed E-state index contributed by atoms with van der Waals surface area (Å²) in [6, 6.07) is 0. The molecule has 0 spiro atoms. The first kappa shape index (κ1) is 15.3. The van der Waals surface area contributed by atoms with Crippen LogP contribution in [-0.2, 0) is 12.0 Å². The Morgan fingerprint density at radius 1 is 1.40 bits per heavy atom. The molecule has 0 saturated carbocycles. The minimum atomic E-state index is 0.131. The Kier molecular flexibility index (Phi) is 5.02. The van der Waals surface area contributed by atoms with Gasteiger partial charge in [-0.15, -0.1) is 11.3 Å². The number of nitrogens with zero attached hydrogens (tertiary/aromatic N) is 3. The van der Waals surface area contributed by atoms with E-state index in [-0.39, 0.29) is 5.41 Å². The quantitative estimate of drug-likeness (QED) is 0.688. The standard InChI is InChI=1S/C15H26N4S/c1-5-16-14(19-8-6-7-9-19)17-10-12-11-20-13(18-12)15(2,3)4/h11H,5-10H2,1-4H3,(H,16,17). The van der Waals surface area contributed by atoms with Gasteiger partial charge >= 0.3 is 0 Å². The van der Waals surface area contributed by atoms with Gasteiger partial charge in [-0.3, -0.25) is 0 Å². The average molecular weight is 294 g/mol. The van der Waals surface area contributed by atoms with Gasteiger partial charge in [0.2, 0.25) is 0 Å². The molecule has 0 amide bonds. The zero-order chi connectivity index (χ0) is 14.6. The summed E-state index contributed by atoms with van der Waals surface area (Å²) in [6.45, 7) is 12.6. The number of aliphatic imine (C=N–C) groups is 1. The molecule has 1 fully saturated rings. The lowest BCUT2D eigenvalue weighted by Gasteiger charge is -2.20. The maximum atomic E-state index is 4.74. The van der Waals surface area contributed by atoms with Gasteiger partial charge < -0.3 is 10.2 Å². The minimum Gasteiger partial charge on any atom is -0.357 e. The molecule has 4 nitrogen and oxygen atoms in total. The van der Waals surface area contributed by atoms with Crippen LogP contribution in [0.15, 0.2) is 10.4 Å². The maximum Gasteiger partial charge on any atom is 0.194 e. The fraction of sp³-hybridized carbons (Fsp3) is 0.733. The van der Waals surface area contributed by atoms with E-state index < -0.39 is 0 Å². The summed E-state index contributed by atoms with van der Waals surface area (Å²) < 4.78 is 0. The van der Waals surface area contributed by atoms with E-state index in [4.69, 9.17) is 9.98 Å². The fourth-order valence-corrected chi connectivity index (χ4v) is 3.13. The van der Waals surface area contributed by atoms with Crippen LogP contribution >= 0.6 is 11.3 Å². The van der Waals surface area contributed by atoms with Crippen molar-refractivity contribution in [3.05, 3.63) is 16.1 Å². The van der Waals surface area contributed by atoms with Crippen LogP contribution in [0, 0.1) is 0 Å². The summed E-state index contributed by atoms with van der Waals surface area (Å²) >= 11 is 1.74. The second kappa shape index (κ2) is 6.57. The summed E-state index contributed by atoms with van der Waals surface area (Å²) in [5.41, 5.74) is 1.21. The van der Waals surface area contributed by atoms with Gasteiger partial charge in [-0.2, -0.15) is 0 Å². The van der Waals surface area contributed by atoms with Crippen molar-refractivity contribution in [2.24, 2.45) is 4.99 Å². The van der Waals surface area contributed by atoms with Crippen LogP contribution in [0.1, 0.15) is 51.2 Å². The highest BCUT2D eigenvalue weighted by atomic mass is 32.1. The second-order valence-electron chi connectivity index (χ2n) is 6.26. The molecule has 0 atom stereocenters. The molecule has 1 saturated heterocycles. The summed E-state index contributed by atoms with van der Waals surface area (Å²) in [6.07, 6.45) is 2.55. The minimum absolute atomic E-state index is 0.131. The Balaban J connectivity index is 2.03. The summed E-state index contributed by atoms with van der Waals surface area (Å²) in [4.78, 5) is 11.8. The van der Waals surface area contributed by atoms with Gasteiger partial charge in [0.15, 0.2) is 5.96 Å². The molecule has 0 aliphatic carbocycles. The van der Waals surface area contributed by atoms with Gasteiger partial charge in [0.1, 0.15) is 0 Å². The maximum absolute atomic E-state index is 4.74. The molecule has 1 aliphatic rings. The first-order chi connectivity index (χ1) is 9.50. The molecule has 0 aromatic carbocycles. The molecular formula is C15H26N4S. The first-order valence-electron chi connectivity index (χ1n) is 7.49. The monoisotopic (exact) mass is 294 g/mol. The number of nitrogens with one attached hydrogen (secondary N) is 1. The van der Waals surface area contributed by atoms with Crippen LogP contribution in [0.4, 0.5) is 0 Å². The number of hydrogen-bond acceptors (Lipinski definition) is 3. The van der Waals surface area contributed by atoms with Crippen molar-refractivity contribution in [3.8, 4) is 0 Å². The van der Waals surface area contributed by atoms with E-state index in [1.54, 1.807) is 11.3 Å². The highest BCUT2D eigenvalue weighted by molar-refractivity contribution is 7.09. The van der Waals surface area contributed by atoms with Crippen LogP contribution in [0.5, 0.6) is 0 Å². The molecule has 1 aromatic heterocycles. The number of hydrogen-bond donors (Lipinski definition) is 1.